The van der Waals surface area contributed by atoms with E-state index in [4.69, 9.17) is 9.47 Å². The molecular weight excluding hydrogens is 362 g/mol. The number of hydrogen-bond donors (Lipinski definition) is 2. The van der Waals surface area contributed by atoms with Gasteiger partial charge in [0, 0.05) is 52.9 Å². The number of rotatable bonds is 5. The third kappa shape index (κ3) is 7.18. The molecule has 0 aromatic carbocycles. The van der Waals surface area contributed by atoms with Crippen LogP contribution in [0.2, 0.25) is 0 Å². The van der Waals surface area contributed by atoms with Crippen molar-refractivity contribution in [1.82, 2.24) is 20.4 Å². The zero-order valence-electron chi connectivity index (χ0n) is 17.6. The molecule has 2 amide bonds. The van der Waals surface area contributed by atoms with E-state index in [0.717, 1.165) is 38.3 Å². The molecule has 160 valence electrons. The molecule has 0 spiro atoms. The summed E-state index contributed by atoms with van der Waals surface area (Å²) in [6.45, 7) is 10.3. The second kappa shape index (κ2) is 10.5. The molecule has 2 fully saturated rings. The van der Waals surface area contributed by atoms with E-state index in [-0.39, 0.29) is 12.0 Å². The summed E-state index contributed by atoms with van der Waals surface area (Å²) in [5.41, 5.74) is -0.488. The molecule has 0 aromatic heterocycles. The number of amides is 2. The van der Waals surface area contributed by atoms with E-state index in [1.54, 1.807) is 7.05 Å². The molecule has 0 radical (unpaired) electrons. The van der Waals surface area contributed by atoms with E-state index >= 15 is 0 Å². The van der Waals surface area contributed by atoms with Gasteiger partial charge in [-0.15, -0.1) is 0 Å². The minimum absolute atomic E-state index is 0.119. The van der Waals surface area contributed by atoms with Gasteiger partial charge in [-0.2, -0.15) is 0 Å². The van der Waals surface area contributed by atoms with Crippen LogP contribution in [-0.4, -0.2) is 92.4 Å². The second-order valence-electron chi connectivity index (χ2n) is 8.07. The van der Waals surface area contributed by atoms with Crippen molar-refractivity contribution < 1.29 is 19.1 Å². The molecule has 1 atom stereocenters. The molecule has 0 saturated carbocycles. The van der Waals surface area contributed by atoms with Gasteiger partial charge in [0.2, 0.25) is 0 Å². The molecule has 0 aliphatic carbocycles. The van der Waals surface area contributed by atoms with Gasteiger partial charge in [-0.1, -0.05) is 0 Å². The zero-order chi connectivity index (χ0) is 20.6. The van der Waals surface area contributed by atoms with Gasteiger partial charge in [-0.25, -0.2) is 4.79 Å². The van der Waals surface area contributed by atoms with E-state index in [2.05, 4.69) is 20.5 Å². The molecule has 2 rings (SSSR count). The molecule has 2 N–H and O–H groups in total. The Bertz CT molecular complexity index is 547. The minimum atomic E-state index is -0.488. The Morgan fingerprint density at radius 3 is 2.32 bits per heavy atom. The Morgan fingerprint density at radius 1 is 1.11 bits per heavy atom. The normalized spacial score (nSPS) is 20.9. The molecule has 2 saturated heterocycles. The highest BCUT2D eigenvalue weighted by Crippen LogP contribution is 2.16. The maximum Gasteiger partial charge on any atom is 0.407 e. The summed E-state index contributed by atoms with van der Waals surface area (Å²) in [6.07, 6.45) is 1.91. The van der Waals surface area contributed by atoms with Crippen LogP contribution in [0.1, 0.15) is 40.0 Å². The molecule has 0 bridgehead atoms. The van der Waals surface area contributed by atoms with Gasteiger partial charge in [0.25, 0.3) is 5.91 Å². The number of nitrogens with zero attached hydrogens (tertiary/aromatic N) is 3. The largest absolute Gasteiger partial charge is 0.444 e. The Hall–Kier alpha value is -2.03. The zero-order valence-corrected chi connectivity index (χ0v) is 17.6. The SMILES string of the molecule is CN=C(NCCCNC(=O)OC(C)(C)C)N1CCN(C(=O)C2CCCO2)CC1. The van der Waals surface area contributed by atoms with Gasteiger partial charge in [0.1, 0.15) is 11.7 Å². The van der Waals surface area contributed by atoms with Crippen molar-refractivity contribution in [2.45, 2.75) is 51.7 Å². The number of guanidine groups is 1. The van der Waals surface area contributed by atoms with Gasteiger partial charge in [-0.3, -0.25) is 9.79 Å². The van der Waals surface area contributed by atoms with Crippen LogP contribution in [-0.2, 0) is 14.3 Å². The van der Waals surface area contributed by atoms with Crippen LogP contribution >= 0.6 is 0 Å². The fraction of sp³-hybridized carbons (Fsp3) is 0.842. The van der Waals surface area contributed by atoms with E-state index < -0.39 is 11.7 Å². The van der Waals surface area contributed by atoms with Gasteiger partial charge < -0.3 is 29.9 Å². The number of ether oxygens (including phenoxy) is 2. The highest BCUT2D eigenvalue weighted by atomic mass is 16.6. The van der Waals surface area contributed by atoms with Gasteiger partial charge >= 0.3 is 6.09 Å². The third-order valence-electron chi connectivity index (χ3n) is 4.61. The van der Waals surface area contributed by atoms with Crippen LogP contribution in [0.4, 0.5) is 4.79 Å². The van der Waals surface area contributed by atoms with Crippen molar-refractivity contribution in [2.75, 3.05) is 52.9 Å². The quantitative estimate of drug-likeness (QED) is 0.405. The van der Waals surface area contributed by atoms with Crippen molar-refractivity contribution in [3.05, 3.63) is 0 Å². The molecule has 0 aromatic rings. The third-order valence-corrected chi connectivity index (χ3v) is 4.61. The first kappa shape index (κ1) is 22.3. The van der Waals surface area contributed by atoms with Crippen LogP contribution in [0.25, 0.3) is 0 Å². The number of carbonyl (C=O) groups is 2. The predicted molar refractivity (Wildman–Crippen MR) is 107 cm³/mol. The van der Waals surface area contributed by atoms with Crippen LogP contribution in [0.5, 0.6) is 0 Å². The van der Waals surface area contributed by atoms with Gasteiger partial charge in [-0.05, 0) is 40.0 Å². The maximum absolute atomic E-state index is 12.4. The monoisotopic (exact) mass is 397 g/mol. The molecule has 9 nitrogen and oxygen atoms in total. The fourth-order valence-corrected chi connectivity index (χ4v) is 3.24. The molecule has 2 aliphatic rings. The molecule has 1 unspecified atom stereocenters. The first-order valence-corrected chi connectivity index (χ1v) is 10.1. The van der Waals surface area contributed by atoms with Crippen molar-refractivity contribution in [3.63, 3.8) is 0 Å². The Morgan fingerprint density at radius 2 is 1.75 bits per heavy atom. The number of hydrogen-bond acceptors (Lipinski definition) is 5. The first-order valence-electron chi connectivity index (χ1n) is 10.1. The fourth-order valence-electron chi connectivity index (χ4n) is 3.24. The van der Waals surface area contributed by atoms with Crippen LogP contribution in [0, 0.1) is 0 Å². The van der Waals surface area contributed by atoms with Gasteiger partial charge in [0.15, 0.2) is 5.96 Å². The van der Waals surface area contributed by atoms with E-state index in [1.165, 1.54) is 0 Å². The molecule has 9 heteroatoms. The van der Waals surface area contributed by atoms with Crippen molar-refractivity contribution >= 4 is 18.0 Å². The minimum Gasteiger partial charge on any atom is -0.444 e. The van der Waals surface area contributed by atoms with E-state index in [9.17, 15) is 9.59 Å². The predicted octanol–water partition coefficient (Wildman–Crippen LogP) is 0.800. The lowest BCUT2D eigenvalue weighted by Gasteiger charge is -2.37. The number of carbonyl (C=O) groups excluding carboxylic acids is 2. The maximum atomic E-state index is 12.4. The number of aliphatic imine (C=N–C) groups is 1. The Balaban J connectivity index is 1.63. The molecule has 2 heterocycles. The summed E-state index contributed by atoms with van der Waals surface area (Å²) < 4.78 is 10.7. The van der Waals surface area contributed by atoms with Crippen molar-refractivity contribution in [3.8, 4) is 0 Å². The smallest absolute Gasteiger partial charge is 0.407 e. The summed E-state index contributed by atoms with van der Waals surface area (Å²) in [5, 5.41) is 6.06. The van der Waals surface area contributed by atoms with Crippen molar-refractivity contribution in [1.29, 1.82) is 0 Å². The van der Waals surface area contributed by atoms with Crippen LogP contribution in [0.15, 0.2) is 4.99 Å². The van der Waals surface area contributed by atoms with E-state index in [1.807, 2.05) is 25.7 Å². The summed E-state index contributed by atoms with van der Waals surface area (Å²) in [4.78, 5) is 32.4. The lowest BCUT2D eigenvalue weighted by Crippen LogP contribution is -2.55. The first-order chi connectivity index (χ1) is 13.3. The highest BCUT2D eigenvalue weighted by Gasteiger charge is 2.30. The number of nitrogens with one attached hydrogen (secondary N) is 2. The van der Waals surface area contributed by atoms with Gasteiger partial charge in [0.05, 0.1) is 0 Å². The average Bonchev–Trinajstić information content (AvgIpc) is 3.17. The molecule has 28 heavy (non-hydrogen) atoms. The number of alkyl carbamates (subject to hydrolysis) is 1. The summed E-state index contributed by atoms with van der Waals surface area (Å²) in [5.74, 6) is 0.940. The molecule has 2 aliphatic heterocycles. The highest BCUT2D eigenvalue weighted by molar-refractivity contribution is 5.82. The molecular formula is C19H35N5O4. The van der Waals surface area contributed by atoms with Crippen LogP contribution in [0.3, 0.4) is 0 Å². The summed E-state index contributed by atoms with van der Waals surface area (Å²) in [7, 11) is 1.76. The standard InChI is InChI=1S/C19H35N5O4/c1-19(2,3)28-18(26)22-9-6-8-21-17(20-4)24-12-10-23(11-13-24)16(25)15-7-5-14-27-15/h15H,5-14H2,1-4H3,(H,20,21)(H,22,26). The Kier molecular flexibility index (Phi) is 8.35. The van der Waals surface area contributed by atoms with Crippen molar-refractivity contribution in [2.24, 2.45) is 4.99 Å². The average molecular weight is 398 g/mol. The lowest BCUT2D eigenvalue weighted by atomic mass is 10.2. The number of piperazine rings is 1. The topological polar surface area (TPSA) is 95.5 Å². The van der Waals surface area contributed by atoms with E-state index in [0.29, 0.717) is 32.8 Å². The Labute approximate surface area is 167 Å². The lowest BCUT2D eigenvalue weighted by molar-refractivity contribution is -0.142. The second-order valence-corrected chi connectivity index (χ2v) is 8.07. The summed E-state index contributed by atoms with van der Waals surface area (Å²) in [6, 6.07) is 0. The summed E-state index contributed by atoms with van der Waals surface area (Å²) >= 11 is 0. The van der Waals surface area contributed by atoms with Crippen LogP contribution < -0.4 is 10.6 Å².